The van der Waals surface area contributed by atoms with E-state index < -0.39 is 24.1 Å². The Morgan fingerprint density at radius 2 is 2.08 bits per heavy atom. The summed E-state index contributed by atoms with van der Waals surface area (Å²) in [6.45, 7) is 1.38. The van der Waals surface area contributed by atoms with E-state index in [2.05, 4.69) is 10.0 Å². The van der Waals surface area contributed by atoms with Crippen LogP contribution in [0.2, 0.25) is 0 Å². The zero-order chi connectivity index (χ0) is 17.5. The molecule has 4 atom stereocenters. The van der Waals surface area contributed by atoms with Crippen molar-refractivity contribution in [2.24, 2.45) is 11.0 Å². The summed E-state index contributed by atoms with van der Waals surface area (Å²) in [7, 11) is 1.76. The lowest BCUT2D eigenvalue weighted by Crippen LogP contribution is -2.35. The molecule has 1 aromatic carbocycles. The van der Waals surface area contributed by atoms with Crippen molar-refractivity contribution in [3.05, 3.63) is 46.3 Å². The van der Waals surface area contributed by atoms with Crippen LogP contribution >= 0.6 is 0 Å². The van der Waals surface area contributed by atoms with E-state index in [1.54, 1.807) is 38.2 Å². The van der Waals surface area contributed by atoms with Crippen LogP contribution in [0.25, 0.3) is 10.4 Å². The van der Waals surface area contributed by atoms with Gasteiger partial charge in [-0.1, -0.05) is 23.3 Å². The maximum absolute atomic E-state index is 12.0. The molecular formula is C15H18BN3O5. The Hall–Kier alpha value is -2.51. The van der Waals surface area contributed by atoms with Crippen LogP contribution in [0.1, 0.15) is 17.3 Å². The molecule has 0 radical (unpaired) electrons. The number of rotatable bonds is 6. The van der Waals surface area contributed by atoms with Crippen LogP contribution in [0.3, 0.4) is 0 Å². The number of azide groups is 1. The molecule has 1 aliphatic heterocycles. The molecule has 1 aliphatic rings. The van der Waals surface area contributed by atoms with Gasteiger partial charge < -0.3 is 14.2 Å². The van der Waals surface area contributed by atoms with Crippen molar-refractivity contribution in [2.45, 2.75) is 25.1 Å². The first-order valence-corrected chi connectivity index (χ1v) is 7.58. The maximum atomic E-state index is 12.0. The highest BCUT2D eigenvalue weighted by molar-refractivity contribution is 6.11. The zero-order valence-electron chi connectivity index (χ0n) is 13.5. The first-order valence-electron chi connectivity index (χ1n) is 7.58. The van der Waals surface area contributed by atoms with Crippen LogP contribution in [0.15, 0.2) is 35.4 Å². The van der Waals surface area contributed by atoms with E-state index in [9.17, 15) is 9.59 Å². The van der Waals surface area contributed by atoms with Gasteiger partial charge in [0.05, 0.1) is 17.7 Å². The number of benzene rings is 1. The first kappa shape index (κ1) is 17.8. The molecule has 1 fully saturated rings. The second-order valence-electron chi connectivity index (χ2n) is 5.50. The maximum Gasteiger partial charge on any atom is 0.338 e. The van der Waals surface area contributed by atoms with Crippen LogP contribution in [-0.4, -0.2) is 51.1 Å². The summed E-state index contributed by atoms with van der Waals surface area (Å²) in [6.07, 6.45) is -1.06. The Balaban J connectivity index is 2.02. The predicted octanol–water partition coefficient (Wildman–Crippen LogP) is 1.06. The number of ether oxygens (including phenoxy) is 3. The highest BCUT2D eigenvalue weighted by atomic mass is 16.6. The molecule has 126 valence electrons. The summed E-state index contributed by atoms with van der Waals surface area (Å²) in [5.74, 6) is -1.28. The molecule has 24 heavy (non-hydrogen) atoms. The molecule has 1 saturated heterocycles. The van der Waals surface area contributed by atoms with Gasteiger partial charge in [0.1, 0.15) is 20.6 Å². The van der Waals surface area contributed by atoms with Crippen molar-refractivity contribution in [3.8, 4) is 0 Å². The Labute approximate surface area is 140 Å². The number of hydrogen-bond donors (Lipinski definition) is 0. The van der Waals surface area contributed by atoms with Crippen LogP contribution in [0.4, 0.5) is 0 Å². The second kappa shape index (κ2) is 8.38. The van der Waals surface area contributed by atoms with Crippen LogP contribution < -0.4 is 0 Å². The van der Waals surface area contributed by atoms with Gasteiger partial charge in [0, 0.05) is 24.3 Å². The van der Waals surface area contributed by atoms with Crippen molar-refractivity contribution in [1.82, 2.24) is 0 Å². The quantitative estimate of drug-likeness (QED) is 0.254. The largest absolute Gasteiger partial charge is 0.460 e. The predicted molar refractivity (Wildman–Crippen MR) is 87.0 cm³/mol. The minimum atomic E-state index is -0.548. The third kappa shape index (κ3) is 4.50. The van der Waals surface area contributed by atoms with Gasteiger partial charge in [-0.05, 0) is 17.7 Å². The Kier molecular flexibility index (Phi) is 6.23. The molecule has 0 spiro atoms. The van der Waals surface area contributed by atoms with Crippen LogP contribution in [0.5, 0.6) is 0 Å². The molecule has 9 heteroatoms. The summed E-state index contributed by atoms with van der Waals surface area (Å²) < 4.78 is 16.3. The smallest absolute Gasteiger partial charge is 0.338 e. The number of nitrogens with zero attached hydrogens (tertiary/aromatic N) is 3. The van der Waals surface area contributed by atoms with Gasteiger partial charge in [0.2, 0.25) is 0 Å². The van der Waals surface area contributed by atoms with Crippen LogP contribution in [-0.2, 0) is 19.0 Å². The highest BCUT2D eigenvalue weighted by Crippen LogP contribution is 2.29. The van der Waals surface area contributed by atoms with E-state index in [0.29, 0.717) is 5.56 Å². The molecule has 0 aliphatic carbocycles. The lowest BCUT2D eigenvalue weighted by atomic mass is 9.87. The SMILES string of the molecule is B[C@@H]1O[C@H](COC(=O)c2ccccc2)[C@@H](CN=[N+]=[N-])[C@H]1OC(C)=O. The molecule has 8 nitrogen and oxygen atoms in total. The Morgan fingerprint density at radius 1 is 1.38 bits per heavy atom. The molecule has 0 bridgehead atoms. The molecule has 0 saturated carbocycles. The second-order valence-corrected chi connectivity index (χ2v) is 5.50. The molecule has 1 aromatic rings. The Bertz CT molecular complexity index is 635. The lowest BCUT2D eigenvalue weighted by molar-refractivity contribution is -0.148. The first-order chi connectivity index (χ1) is 11.5. The van der Waals surface area contributed by atoms with Crippen molar-refractivity contribution in [2.75, 3.05) is 13.2 Å². The summed E-state index contributed by atoms with van der Waals surface area (Å²) in [5.41, 5.74) is 8.97. The molecule has 1 heterocycles. The van der Waals surface area contributed by atoms with E-state index in [1.165, 1.54) is 6.92 Å². The third-order valence-corrected chi connectivity index (χ3v) is 3.80. The van der Waals surface area contributed by atoms with Crippen molar-refractivity contribution < 1.29 is 23.8 Å². The highest BCUT2D eigenvalue weighted by Gasteiger charge is 2.44. The summed E-state index contributed by atoms with van der Waals surface area (Å²) >= 11 is 0. The average molecular weight is 331 g/mol. The summed E-state index contributed by atoms with van der Waals surface area (Å²) in [4.78, 5) is 26.0. The number of carbonyl (C=O) groups is 2. The number of esters is 2. The number of hydrogen-bond acceptors (Lipinski definition) is 6. The summed E-state index contributed by atoms with van der Waals surface area (Å²) in [6, 6.07) is 8.21. The normalized spacial score (nSPS) is 25.5. The molecule has 0 unspecified atom stereocenters. The standard InChI is InChI=1S/C15H18BN3O5/c1-9(20)23-13-11(7-18-19-17)12(24-14(13)16)8-22-15(21)10-5-3-2-4-6-10/h2-6,11-14H,7-8,16H2,1H3/t11-,12-,13-,14-/m1/s1. The molecular weight excluding hydrogens is 313 g/mol. The van der Waals surface area contributed by atoms with Gasteiger partial charge in [0.15, 0.2) is 0 Å². The minimum absolute atomic E-state index is 0.0125. The fraction of sp³-hybridized carbons (Fsp3) is 0.467. The van der Waals surface area contributed by atoms with Crippen molar-refractivity contribution >= 4 is 19.8 Å². The van der Waals surface area contributed by atoms with E-state index in [1.807, 2.05) is 0 Å². The van der Waals surface area contributed by atoms with Gasteiger partial charge in [-0.3, -0.25) is 4.79 Å². The van der Waals surface area contributed by atoms with Gasteiger partial charge in [-0.25, -0.2) is 4.79 Å². The third-order valence-electron chi connectivity index (χ3n) is 3.80. The average Bonchev–Trinajstić information content (AvgIpc) is 2.86. The molecule has 0 amide bonds. The molecule has 0 aromatic heterocycles. The number of carbonyl (C=O) groups excluding carboxylic acids is 2. The van der Waals surface area contributed by atoms with E-state index in [0.717, 1.165) is 0 Å². The van der Waals surface area contributed by atoms with Gasteiger partial charge in [-0.15, -0.1) is 0 Å². The van der Waals surface area contributed by atoms with Gasteiger partial charge in [-0.2, -0.15) is 0 Å². The molecule has 0 N–H and O–H groups in total. The lowest BCUT2D eigenvalue weighted by Gasteiger charge is -2.21. The van der Waals surface area contributed by atoms with E-state index >= 15 is 0 Å². The van der Waals surface area contributed by atoms with Crippen LogP contribution in [0, 0.1) is 5.92 Å². The summed E-state index contributed by atoms with van der Waals surface area (Å²) in [5, 5.41) is 3.55. The fourth-order valence-electron chi connectivity index (χ4n) is 2.72. The fourth-order valence-corrected chi connectivity index (χ4v) is 2.72. The van der Waals surface area contributed by atoms with E-state index in [4.69, 9.17) is 19.7 Å². The van der Waals surface area contributed by atoms with Gasteiger partial charge >= 0.3 is 11.9 Å². The molecule has 2 rings (SSSR count). The zero-order valence-corrected chi connectivity index (χ0v) is 13.5. The van der Waals surface area contributed by atoms with Gasteiger partial charge in [0.25, 0.3) is 0 Å². The Morgan fingerprint density at radius 3 is 2.71 bits per heavy atom. The minimum Gasteiger partial charge on any atom is -0.460 e. The topological polar surface area (TPSA) is 111 Å². The van der Waals surface area contributed by atoms with Crippen molar-refractivity contribution in [1.29, 1.82) is 0 Å². The monoisotopic (exact) mass is 331 g/mol. The van der Waals surface area contributed by atoms with E-state index in [-0.39, 0.29) is 25.1 Å². The van der Waals surface area contributed by atoms with Crippen molar-refractivity contribution in [3.63, 3.8) is 0 Å².